The molecule has 19 heavy (non-hydrogen) atoms. The molecule has 0 aromatic heterocycles. The van der Waals surface area contributed by atoms with Crippen molar-refractivity contribution in [1.82, 2.24) is 4.90 Å². The van der Waals surface area contributed by atoms with Gasteiger partial charge in [0.25, 0.3) is 0 Å². The molecule has 1 N–H and O–H groups in total. The molecule has 0 aromatic rings. The predicted octanol–water partition coefficient (Wildman–Crippen LogP) is 1.49. The Morgan fingerprint density at radius 2 is 2.00 bits per heavy atom. The minimum absolute atomic E-state index is 0.176. The molecule has 0 radical (unpaired) electrons. The first-order chi connectivity index (χ1) is 8.78. The van der Waals surface area contributed by atoms with E-state index in [1.165, 1.54) is 0 Å². The summed E-state index contributed by atoms with van der Waals surface area (Å²) in [4.78, 5) is 24.8. The molecule has 1 aliphatic carbocycles. The van der Waals surface area contributed by atoms with Crippen LogP contribution in [0.2, 0.25) is 0 Å². The minimum Gasteiger partial charge on any atom is -0.481 e. The molecule has 1 aliphatic heterocycles. The number of morpholine rings is 1. The second-order valence-electron chi connectivity index (χ2n) is 6.16. The molecule has 0 unspecified atom stereocenters. The molecule has 3 atom stereocenters. The van der Waals surface area contributed by atoms with Gasteiger partial charge in [0, 0.05) is 6.54 Å². The van der Waals surface area contributed by atoms with Gasteiger partial charge in [-0.3, -0.25) is 4.79 Å². The molecular formula is C13H21NO5. The molecule has 1 amide bonds. The highest BCUT2D eigenvalue weighted by atomic mass is 16.6. The number of ether oxygens (including phenoxy) is 2. The van der Waals surface area contributed by atoms with Crippen molar-refractivity contribution in [2.75, 3.05) is 13.2 Å². The molecule has 6 nitrogen and oxygen atoms in total. The lowest BCUT2D eigenvalue weighted by Crippen LogP contribution is -2.52. The van der Waals surface area contributed by atoms with Gasteiger partial charge in [-0.1, -0.05) is 0 Å². The van der Waals surface area contributed by atoms with Crippen LogP contribution in [0.4, 0.5) is 4.79 Å². The second-order valence-corrected chi connectivity index (χ2v) is 6.16. The van der Waals surface area contributed by atoms with Gasteiger partial charge in [-0.15, -0.1) is 0 Å². The lowest BCUT2D eigenvalue weighted by molar-refractivity contribution is -0.141. The van der Waals surface area contributed by atoms with Crippen molar-refractivity contribution in [2.45, 2.75) is 51.4 Å². The van der Waals surface area contributed by atoms with E-state index in [9.17, 15) is 9.59 Å². The Bertz CT molecular complexity index is 376. The summed E-state index contributed by atoms with van der Waals surface area (Å²) in [6.45, 7) is 6.35. The van der Waals surface area contributed by atoms with Crippen molar-refractivity contribution >= 4 is 12.1 Å². The van der Waals surface area contributed by atoms with Crippen LogP contribution in [0.15, 0.2) is 0 Å². The number of rotatable bonds is 1. The molecule has 1 saturated heterocycles. The van der Waals surface area contributed by atoms with Crippen LogP contribution >= 0.6 is 0 Å². The number of fused-ring (bicyclic) bond motifs is 1. The average Bonchev–Trinajstić information content (AvgIpc) is 2.69. The highest BCUT2D eigenvalue weighted by Gasteiger charge is 2.46. The molecule has 6 heteroatoms. The monoisotopic (exact) mass is 271 g/mol. The molecule has 0 aromatic carbocycles. The van der Waals surface area contributed by atoms with E-state index in [-0.39, 0.29) is 18.2 Å². The summed E-state index contributed by atoms with van der Waals surface area (Å²) >= 11 is 0. The fourth-order valence-electron chi connectivity index (χ4n) is 2.70. The number of carboxylic acid groups (broad SMARTS) is 1. The molecule has 2 fully saturated rings. The van der Waals surface area contributed by atoms with Gasteiger partial charge in [0.1, 0.15) is 5.60 Å². The summed E-state index contributed by atoms with van der Waals surface area (Å²) < 4.78 is 10.9. The molecule has 2 aliphatic rings. The van der Waals surface area contributed by atoms with Crippen LogP contribution in [0.3, 0.4) is 0 Å². The molecule has 2 rings (SSSR count). The first-order valence-corrected chi connectivity index (χ1v) is 6.62. The quantitative estimate of drug-likeness (QED) is 0.782. The minimum atomic E-state index is -0.817. The first-order valence-electron chi connectivity index (χ1n) is 6.62. The fourth-order valence-corrected chi connectivity index (χ4v) is 2.70. The Labute approximate surface area is 112 Å². The van der Waals surface area contributed by atoms with Crippen LogP contribution in [0, 0.1) is 5.92 Å². The van der Waals surface area contributed by atoms with Gasteiger partial charge in [0.15, 0.2) is 0 Å². The van der Waals surface area contributed by atoms with Gasteiger partial charge in [-0.05, 0) is 33.6 Å². The SMILES string of the molecule is CC(C)(C)OC(=O)N1CCO[C@@H]2C[C@H](C(=O)O)C[C@@H]21. The summed E-state index contributed by atoms with van der Waals surface area (Å²) in [5, 5.41) is 9.08. The van der Waals surface area contributed by atoms with Gasteiger partial charge in [0.2, 0.25) is 0 Å². The van der Waals surface area contributed by atoms with Crippen LogP contribution in [0.25, 0.3) is 0 Å². The molecule has 108 valence electrons. The Balaban J connectivity index is 2.05. The van der Waals surface area contributed by atoms with E-state index < -0.39 is 17.5 Å². The lowest BCUT2D eigenvalue weighted by Gasteiger charge is -2.38. The Morgan fingerprint density at radius 1 is 1.32 bits per heavy atom. The molecule has 1 saturated carbocycles. The molecule has 0 bridgehead atoms. The van der Waals surface area contributed by atoms with Crippen LogP contribution in [-0.4, -0.2) is 53.0 Å². The van der Waals surface area contributed by atoms with Crippen LogP contribution in [-0.2, 0) is 14.3 Å². The Hall–Kier alpha value is -1.30. The third-order valence-electron chi connectivity index (χ3n) is 3.51. The van der Waals surface area contributed by atoms with E-state index >= 15 is 0 Å². The topological polar surface area (TPSA) is 76.1 Å². The van der Waals surface area contributed by atoms with Crippen molar-refractivity contribution in [3.63, 3.8) is 0 Å². The van der Waals surface area contributed by atoms with Gasteiger partial charge in [-0.2, -0.15) is 0 Å². The summed E-state index contributed by atoms with van der Waals surface area (Å²) in [7, 11) is 0. The average molecular weight is 271 g/mol. The summed E-state index contributed by atoms with van der Waals surface area (Å²) in [6.07, 6.45) is 0.359. The van der Waals surface area contributed by atoms with Gasteiger partial charge >= 0.3 is 12.1 Å². The molecule has 1 heterocycles. The summed E-state index contributed by atoms with van der Waals surface area (Å²) in [5.74, 6) is -1.25. The van der Waals surface area contributed by atoms with Crippen LogP contribution < -0.4 is 0 Å². The number of carbonyl (C=O) groups is 2. The number of aliphatic carboxylic acids is 1. The van der Waals surface area contributed by atoms with Crippen molar-refractivity contribution in [3.8, 4) is 0 Å². The Kier molecular flexibility index (Phi) is 3.71. The van der Waals surface area contributed by atoms with Crippen molar-refractivity contribution in [3.05, 3.63) is 0 Å². The number of nitrogens with zero attached hydrogens (tertiary/aromatic N) is 1. The number of carboxylic acids is 1. The number of hydrogen-bond donors (Lipinski definition) is 1. The van der Waals surface area contributed by atoms with Gasteiger partial charge < -0.3 is 19.5 Å². The van der Waals surface area contributed by atoms with E-state index in [4.69, 9.17) is 14.6 Å². The third kappa shape index (κ3) is 3.18. The third-order valence-corrected chi connectivity index (χ3v) is 3.51. The lowest BCUT2D eigenvalue weighted by atomic mass is 10.1. The second kappa shape index (κ2) is 5.00. The number of hydrogen-bond acceptors (Lipinski definition) is 4. The largest absolute Gasteiger partial charge is 0.481 e. The highest BCUT2D eigenvalue weighted by molar-refractivity contribution is 5.72. The standard InChI is InChI=1S/C13H21NO5/c1-13(2,3)19-12(17)14-4-5-18-10-7-8(11(15)16)6-9(10)14/h8-10H,4-7H2,1-3H3,(H,15,16)/t8-,9+,10-/m1/s1. The summed E-state index contributed by atoms with van der Waals surface area (Å²) in [6, 6.07) is -0.176. The maximum atomic E-state index is 12.1. The zero-order valence-corrected chi connectivity index (χ0v) is 11.6. The van der Waals surface area contributed by atoms with Crippen molar-refractivity contribution in [1.29, 1.82) is 0 Å². The van der Waals surface area contributed by atoms with Gasteiger partial charge in [-0.25, -0.2) is 4.79 Å². The van der Waals surface area contributed by atoms with E-state index in [1.807, 2.05) is 20.8 Å². The number of carbonyl (C=O) groups excluding carboxylic acids is 1. The molecular weight excluding hydrogens is 250 g/mol. The Morgan fingerprint density at radius 3 is 2.58 bits per heavy atom. The first kappa shape index (κ1) is 14.1. The highest BCUT2D eigenvalue weighted by Crippen LogP contribution is 2.35. The van der Waals surface area contributed by atoms with E-state index in [2.05, 4.69) is 0 Å². The van der Waals surface area contributed by atoms with E-state index in [0.717, 1.165) is 0 Å². The van der Waals surface area contributed by atoms with E-state index in [1.54, 1.807) is 4.90 Å². The maximum absolute atomic E-state index is 12.1. The summed E-state index contributed by atoms with van der Waals surface area (Å²) in [5.41, 5.74) is -0.546. The fraction of sp³-hybridized carbons (Fsp3) is 0.846. The zero-order valence-electron chi connectivity index (χ0n) is 11.6. The van der Waals surface area contributed by atoms with Crippen LogP contribution in [0.5, 0.6) is 0 Å². The maximum Gasteiger partial charge on any atom is 0.410 e. The predicted molar refractivity (Wildman–Crippen MR) is 66.8 cm³/mol. The van der Waals surface area contributed by atoms with Gasteiger partial charge in [0.05, 0.1) is 24.7 Å². The molecule has 0 spiro atoms. The van der Waals surface area contributed by atoms with E-state index in [0.29, 0.717) is 26.0 Å². The zero-order chi connectivity index (χ0) is 14.2. The van der Waals surface area contributed by atoms with Crippen molar-refractivity contribution < 1.29 is 24.2 Å². The smallest absolute Gasteiger partial charge is 0.410 e. The van der Waals surface area contributed by atoms with Crippen LogP contribution in [0.1, 0.15) is 33.6 Å². The van der Waals surface area contributed by atoms with Crippen molar-refractivity contribution in [2.24, 2.45) is 5.92 Å². The number of amides is 1. The normalized spacial score (nSPS) is 30.9.